The second-order valence-electron chi connectivity index (χ2n) is 6.15. The van der Waals surface area contributed by atoms with Gasteiger partial charge in [0, 0.05) is 5.69 Å². The Bertz CT molecular complexity index is 932. The minimum absolute atomic E-state index is 0.358. The number of aryl methyl sites for hydroxylation is 1. The van der Waals surface area contributed by atoms with Crippen molar-refractivity contribution in [2.24, 2.45) is 0 Å². The molecular formula is C22H21NO3. The second-order valence-corrected chi connectivity index (χ2v) is 6.15. The molecule has 3 rings (SSSR count). The molecule has 1 atom stereocenters. The van der Waals surface area contributed by atoms with E-state index in [2.05, 4.69) is 12.2 Å². The molecule has 3 aromatic rings. The Morgan fingerprint density at radius 2 is 1.65 bits per heavy atom. The minimum Gasteiger partial charge on any atom is -0.449 e. The number of esters is 1. The predicted octanol–water partition coefficient (Wildman–Crippen LogP) is 4.59. The van der Waals surface area contributed by atoms with Crippen molar-refractivity contribution in [1.29, 1.82) is 0 Å². The summed E-state index contributed by atoms with van der Waals surface area (Å²) in [6, 6.07) is 20.7. The monoisotopic (exact) mass is 347 g/mol. The van der Waals surface area contributed by atoms with E-state index in [-0.39, 0.29) is 5.91 Å². The van der Waals surface area contributed by atoms with E-state index in [9.17, 15) is 9.59 Å². The van der Waals surface area contributed by atoms with Gasteiger partial charge in [-0.1, -0.05) is 49.4 Å². The van der Waals surface area contributed by atoms with Gasteiger partial charge < -0.3 is 10.1 Å². The van der Waals surface area contributed by atoms with E-state index < -0.39 is 12.1 Å². The third kappa shape index (κ3) is 4.09. The van der Waals surface area contributed by atoms with E-state index in [1.807, 2.05) is 54.6 Å². The van der Waals surface area contributed by atoms with Crippen molar-refractivity contribution in [2.75, 3.05) is 5.32 Å². The Morgan fingerprint density at radius 1 is 0.962 bits per heavy atom. The Kier molecular flexibility index (Phi) is 5.32. The van der Waals surface area contributed by atoms with Gasteiger partial charge in [-0.15, -0.1) is 0 Å². The summed E-state index contributed by atoms with van der Waals surface area (Å²) in [5, 5.41) is 4.76. The van der Waals surface area contributed by atoms with Gasteiger partial charge in [-0.25, -0.2) is 4.79 Å². The molecule has 0 bridgehead atoms. The normalized spacial score (nSPS) is 11.8. The topological polar surface area (TPSA) is 55.4 Å². The van der Waals surface area contributed by atoms with E-state index in [0.717, 1.165) is 17.2 Å². The highest BCUT2D eigenvalue weighted by molar-refractivity contribution is 5.99. The number of amides is 1. The summed E-state index contributed by atoms with van der Waals surface area (Å²) in [4.78, 5) is 24.6. The SMILES string of the molecule is CCc1ccc(NC(=O)[C@@H](C)OC(=O)c2ccc3ccccc3c2)cc1. The van der Waals surface area contributed by atoms with Gasteiger partial charge in [0.15, 0.2) is 6.10 Å². The lowest BCUT2D eigenvalue weighted by molar-refractivity contribution is -0.123. The van der Waals surface area contributed by atoms with Crippen molar-refractivity contribution in [1.82, 2.24) is 0 Å². The van der Waals surface area contributed by atoms with Gasteiger partial charge in [-0.3, -0.25) is 4.79 Å². The lowest BCUT2D eigenvalue weighted by Crippen LogP contribution is -2.30. The average molecular weight is 347 g/mol. The second kappa shape index (κ2) is 7.83. The van der Waals surface area contributed by atoms with Gasteiger partial charge in [-0.2, -0.15) is 0 Å². The molecule has 3 aromatic carbocycles. The fraction of sp³-hybridized carbons (Fsp3) is 0.182. The van der Waals surface area contributed by atoms with Gasteiger partial charge in [-0.05, 0) is 53.9 Å². The Labute approximate surface area is 152 Å². The zero-order valence-corrected chi connectivity index (χ0v) is 14.9. The first-order valence-electron chi connectivity index (χ1n) is 8.66. The molecular weight excluding hydrogens is 326 g/mol. The molecule has 0 aliphatic rings. The highest BCUT2D eigenvalue weighted by Gasteiger charge is 2.19. The van der Waals surface area contributed by atoms with Crippen LogP contribution >= 0.6 is 0 Å². The average Bonchev–Trinajstić information content (AvgIpc) is 2.68. The van der Waals surface area contributed by atoms with E-state index in [0.29, 0.717) is 11.3 Å². The van der Waals surface area contributed by atoms with Crippen molar-refractivity contribution in [3.63, 3.8) is 0 Å². The maximum Gasteiger partial charge on any atom is 0.338 e. The number of ether oxygens (including phenoxy) is 1. The van der Waals surface area contributed by atoms with Gasteiger partial charge in [0.05, 0.1) is 5.56 Å². The number of nitrogens with one attached hydrogen (secondary N) is 1. The van der Waals surface area contributed by atoms with Crippen LogP contribution in [0, 0.1) is 0 Å². The van der Waals surface area contributed by atoms with Crippen LogP contribution in [0.2, 0.25) is 0 Å². The van der Waals surface area contributed by atoms with Crippen LogP contribution in [0.3, 0.4) is 0 Å². The van der Waals surface area contributed by atoms with Crippen molar-refractivity contribution in [2.45, 2.75) is 26.4 Å². The third-order valence-electron chi connectivity index (χ3n) is 4.27. The van der Waals surface area contributed by atoms with E-state index in [1.165, 1.54) is 5.56 Å². The molecule has 132 valence electrons. The fourth-order valence-corrected chi connectivity index (χ4v) is 2.67. The number of fused-ring (bicyclic) bond motifs is 1. The summed E-state index contributed by atoms with van der Waals surface area (Å²) in [7, 11) is 0. The summed E-state index contributed by atoms with van der Waals surface area (Å²) in [6.45, 7) is 3.64. The van der Waals surface area contributed by atoms with Gasteiger partial charge in [0.25, 0.3) is 5.91 Å². The first-order chi connectivity index (χ1) is 12.6. The molecule has 0 heterocycles. The van der Waals surface area contributed by atoms with Crippen LogP contribution in [0.4, 0.5) is 5.69 Å². The third-order valence-corrected chi connectivity index (χ3v) is 4.27. The van der Waals surface area contributed by atoms with Crippen LogP contribution in [0.5, 0.6) is 0 Å². The predicted molar refractivity (Wildman–Crippen MR) is 103 cm³/mol. The number of hydrogen-bond donors (Lipinski definition) is 1. The van der Waals surface area contributed by atoms with E-state index in [1.54, 1.807) is 19.1 Å². The molecule has 4 heteroatoms. The Hall–Kier alpha value is -3.14. The van der Waals surface area contributed by atoms with Crippen LogP contribution in [0.1, 0.15) is 29.8 Å². The molecule has 0 unspecified atom stereocenters. The maximum absolute atomic E-state index is 12.3. The number of rotatable bonds is 5. The largest absolute Gasteiger partial charge is 0.449 e. The molecule has 26 heavy (non-hydrogen) atoms. The van der Waals surface area contributed by atoms with Crippen LogP contribution in [0.25, 0.3) is 10.8 Å². The molecule has 4 nitrogen and oxygen atoms in total. The molecule has 0 fully saturated rings. The Morgan fingerprint density at radius 3 is 2.35 bits per heavy atom. The first kappa shape index (κ1) is 17.7. The lowest BCUT2D eigenvalue weighted by Gasteiger charge is -2.14. The quantitative estimate of drug-likeness (QED) is 0.687. The van der Waals surface area contributed by atoms with Crippen molar-refractivity contribution < 1.29 is 14.3 Å². The summed E-state index contributed by atoms with van der Waals surface area (Å²) in [6.07, 6.45) is 0.0494. The molecule has 0 aliphatic carbocycles. The highest BCUT2D eigenvalue weighted by Crippen LogP contribution is 2.17. The molecule has 0 radical (unpaired) electrons. The number of carbonyl (C=O) groups excluding carboxylic acids is 2. The van der Waals surface area contributed by atoms with Crippen molar-refractivity contribution in [3.8, 4) is 0 Å². The van der Waals surface area contributed by atoms with Gasteiger partial charge in [0.1, 0.15) is 0 Å². The highest BCUT2D eigenvalue weighted by atomic mass is 16.5. The van der Waals surface area contributed by atoms with Gasteiger partial charge >= 0.3 is 5.97 Å². The summed E-state index contributed by atoms with van der Waals surface area (Å²) in [5.41, 5.74) is 2.30. The van der Waals surface area contributed by atoms with E-state index >= 15 is 0 Å². The smallest absolute Gasteiger partial charge is 0.338 e. The summed E-state index contributed by atoms with van der Waals surface area (Å²) in [5.74, 6) is -0.872. The Balaban J connectivity index is 1.64. The van der Waals surface area contributed by atoms with Gasteiger partial charge in [0.2, 0.25) is 0 Å². The minimum atomic E-state index is -0.889. The number of hydrogen-bond acceptors (Lipinski definition) is 3. The zero-order valence-electron chi connectivity index (χ0n) is 14.9. The number of benzene rings is 3. The van der Waals surface area contributed by atoms with Crippen LogP contribution in [-0.4, -0.2) is 18.0 Å². The molecule has 0 saturated heterocycles. The number of anilines is 1. The zero-order chi connectivity index (χ0) is 18.5. The summed E-state index contributed by atoms with van der Waals surface area (Å²) < 4.78 is 5.31. The van der Waals surface area contributed by atoms with Crippen molar-refractivity contribution >= 4 is 28.3 Å². The molecule has 0 spiro atoms. The lowest BCUT2D eigenvalue weighted by atomic mass is 10.1. The number of carbonyl (C=O) groups is 2. The van der Waals surface area contributed by atoms with Crippen molar-refractivity contribution in [3.05, 3.63) is 77.9 Å². The molecule has 1 amide bonds. The van der Waals surface area contributed by atoms with E-state index in [4.69, 9.17) is 4.74 Å². The molecule has 0 aliphatic heterocycles. The molecule has 0 saturated carbocycles. The van der Waals surface area contributed by atoms with Crippen LogP contribution in [0.15, 0.2) is 66.7 Å². The standard InChI is InChI=1S/C22H21NO3/c1-3-16-8-12-20(13-9-16)23-21(24)15(2)26-22(25)19-11-10-17-6-4-5-7-18(17)14-19/h4-15H,3H2,1-2H3,(H,23,24)/t15-/m1/s1. The summed E-state index contributed by atoms with van der Waals surface area (Å²) >= 11 is 0. The van der Waals surface area contributed by atoms with Crippen LogP contribution < -0.4 is 5.32 Å². The first-order valence-corrected chi connectivity index (χ1v) is 8.66. The fourth-order valence-electron chi connectivity index (χ4n) is 2.67. The molecule has 1 N–H and O–H groups in total. The van der Waals surface area contributed by atoms with Crippen LogP contribution in [-0.2, 0) is 16.0 Å². The maximum atomic E-state index is 12.3. The molecule has 0 aromatic heterocycles.